The smallest absolute Gasteiger partial charge is 0.251 e. The molecular formula is C16H19N3O2. The Morgan fingerprint density at radius 2 is 2.05 bits per heavy atom. The van der Waals surface area contributed by atoms with Crippen molar-refractivity contribution in [2.24, 2.45) is 5.73 Å². The zero-order valence-corrected chi connectivity index (χ0v) is 11.8. The third-order valence-electron chi connectivity index (χ3n) is 2.91. The second kappa shape index (κ2) is 8.01. The zero-order chi connectivity index (χ0) is 14.9. The van der Waals surface area contributed by atoms with Crippen LogP contribution in [0.4, 0.5) is 0 Å². The highest BCUT2D eigenvalue weighted by Gasteiger charge is 2.05. The molecule has 2 aromatic rings. The molecule has 0 aliphatic carbocycles. The molecule has 0 bridgehead atoms. The van der Waals surface area contributed by atoms with Gasteiger partial charge in [0.1, 0.15) is 5.75 Å². The van der Waals surface area contributed by atoms with Gasteiger partial charge in [-0.2, -0.15) is 0 Å². The van der Waals surface area contributed by atoms with E-state index in [1.807, 2.05) is 30.3 Å². The molecular weight excluding hydrogens is 266 g/mol. The van der Waals surface area contributed by atoms with Crippen LogP contribution >= 0.6 is 0 Å². The van der Waals surface area contributed by atoms with E-state index in [1.165, 1.54) is 0 Å². The van der Waals surface area contributed by atoms with Gasteiger partial charge in [-0.15, -0.1) is 0 Å². The number of ether oxygens (including phenoxy) is 1. The van der Waals surface area contributed by atoms with Crippen LogP contribution < -0.4 is 15.8 Å². The number of nitrogens with zero attached hydrogens (tertiary/aromatic N) is 1. The Hall–Kier alpha value is -2.40. The van der Waals surface area contributed by atoms with Gasteiger partial charge in [-0.1, -0.05) is 18.2 Å². The summed E-state index contributed by atoms with van der Waals surface area (Å²) in [7, 11) is 0. The average Bonchev–Trinajstić information content (AvgIpc) is 2.55. The van der Waals surface area contributed by atoms with Crippen LogP contribution in [-0.2, 0) is 6.54 Å². The van der Waals surface area contributed by atoms with Gasteiger partial charge in [0, 0.05) is 24.8 Å². The molecule has 1 aromatic heterocycles. The number of pyridine rings is 1. The summed E-state index contributed by atoms with van der Waals surface area (Å²) in [5.74, 6) is 0.720. The van der Waals surface area contributed by atoms with Crippen molar-refractivity contribution >= 4 is 5.91 Å². The fraction of sp³-hybridized carbons (Fsp3) is 0.250. The molecule has 0 fully saturated rings. The third kappa shape index (κ3) is 4.89. The average molecular weight is 285 g/mol. The van der Waals surface area contributed by atoms with Crippen molar-refractivity contribution in [3.8, 4) is 5.75 Å². The molecule has 21 heavy (non-hydrogen) atoms. The number of benzene rings is 1. The second-order valence-electron chi connectivity index (χ2n) is 4.51. The summed E-state index contributed by atoms with van der Waals surface area (Å²) >= 11 is 0. The lowest BCUT2D eigenvalue weighted by atomic mass is 10.2. The number of amides is 1. The molecule has 110 valence electrons. The van der Waals surface area contributed by atoms with E-state index in [-0.39, 0.29) is 5.91 Å². The lowest BCUT2D eigenvalue weighted by Crippen LogP contribution is -2.25. The molecule has 5 heteroatoms. The maximum Gasteiger partial charge on any atom is 0.251 e. The molecule has 1 heterocycles. The second-order valence-corrected chi connectivity index (χ2v) is 4.51. The van der Waals surface area contributed by atoms with Gasteiger partial charge in [-0.25, -0.2) is 0 Å². The van der Waals surface area contributed by atoms with Gasteiger partial charge in [0.2, 0.25) is 0 Å². The molecule has 0 atom stereocenters. The minimum atomic E-state index is -0.119. The standard InChI is InChI=1S/C16H19N3O2/c17-12-14-11-13(7-9-18-14)16(20)19-8-4-10-21-15-5-2-1-3-6-15/h1-3,5-7,9,11H,4,8,10,12,17H2,(H,19,20). The summed E-state index contributed by atoms with van der Waals surface area (Å²) in [5, 5.41) is 2.85. The normalized spacial score (nSPS) is 10.1. The highest BCUT2D eigenvalue weighted by molar-refractivity contribution is 5.94. The molecule has 0 saturated carbocycles. The van der Waals surface area contributed by atoms with E-state index in [0.717, 1.165) is 12.2 Å². The molecule has 0 spiro atoms. The predicted molar refractivity (Wildman–Crippen MR) is 81.0 cm³/mol. The molecule has 0 aliphatic rings. The van der Waals surface area contributed by atoms with Gasteiger partial charge in [0.25, 0.3) is 5.91 Å². The first kappa shape index (κ1) is 15.0. The van der Waals surface area contributed by atoms with Crippen molar-refractivity contribution in [1.29, 1.82) is 0 Å². The Labute approximate surface area is 124 Å². The highest BCUT2D eigenvalue weighted by Crippen LogP contribution is 2.08. The number of carbonyl (C=O) groups is 1. The number of hydrogen-bond donors (Lipinski definition) is 2. The quantitative estimate of drug-likeness (QED) is 0.760. The van der Waals surface area contributed by atoms with Gasteiger partial charge >= 0.3 is 0 Å². The first-order valence-corrected chi connectivity index (χ1v) is 6.90. The number of nitrogens with one attached hydrogen (secondary N) is 1. The predicted octanol–water partition coefficient (Wildman–Crippen LogP) is 1.74. The molecule has 2 rings (SSSR count). The summed E-state index contributed by atoms with van der Waals surface area (Å²) < 4.78 is 5.55. The summed E-state index contributed by atoms with van der Waals surface area (Å²) in [5.41, 5.74) is 6.79. The minimum absolute atomic E-state index is 0.119. The first-order valence-electron chi connectivity index (χ1n) is 6.90. The van der Waals surface area contributed by atoms with Gasteiger partial charge in [-0.05, 0) is 30.7 Å². The molecule has 0 radical (unpaired) electrons. The van der Waals surface area contributed by atoms with Crippen LogP contribution in [0.3, 0.4) is 0 Å². The molecule has 3 N–H and O–H groups in total. The Kier molecular flexibility index (Phi) is 5.72. The van der Waals surface area contributed by atoms with Crippen LogP contribution in [0.25, 0.3) is 0 Å². The molecule has 0 saturated heterocycles. The van der Waals surface area contributed by atoms with Gasteiger partial charge in [0.05, 0.1) is 12.3 Å². The van der Waals surface area contributed by atoms with Gasteiger partial charge in [-0.3, -0.25) is 9.78 Å². The summed E-state index contributed by atoms with van der Waals surface area (Å²) in [4.78, 5) is 16.0. The van der Waals surface area contributed by atoms with Gasteiger partial charge in [0.15, 0.2) is 0 Å². The summed E-state index contributed by atoms with van der Waals surface area (Å²) in [6.45, 7) is 1.45. The van der Waals surface area contributed by atoms with E-state index in [9.17, 15) is 4.79 Å². The van der Waals surface area contributed by atoms with Crippen molar-refractivity contribution in [3.05, 3.63) is 59.9 Å². The Morgan fingerprint density at radius 1 is 1.24 bits per heavy atom. The molecule has 1 aromatic carbocycles. The van der Waals surface area contributed by atoms with Crippen LogP contribution in [0.5, 0.6) is 5.75 Å². The minimum Gasteiger partial charge on any atom is -0.494 e. The maximum absolute atomic E-state index is 11.9. The fourth-order valence-electron chi connectivity index (χ4n) is 1.81. The van der Waals surface area contributed by atoms with Crippen LogP contribution in [0.2, 0.25) is 0 Å². The van der Waals surface area contributed by atoms with Crippen molar-refractivity contribution in [3.63, 3.8) is 0 Å². The Bertz CT molecular complexity index is 573. The first-order chi connectivity index (χ1) is 10.3. The maximum atomic E-state index is 11.9. The van der Waals surface area contributed by atoms with E-state index in [1.54, 1.807) is 18.3 Å². The van der Waals surface area contributed by atoms with Crippen LogP contribution in [-0.4, -0.2) is 24.0 Å². The summed E-state index contributed by atoms with van der Waals surface area (Å²) in [6, 6.07) is 13.0. The lowest BCUT2D eigenvalue weighted by Gasteiger charge is -2.07. The SMILES string of the molecule is NCc1cc(C(=O)NCCCOc2ccccc2)ccn1. The lowest BCUT2D eigenvalue weighted by molar-refractivity contribution is 0.0951. The number of nitrogens with two attached hydrogens (primary N) is 1. The Balaban J connectivity index is 1.69. The van der Waals surface area contributed by atoms with Gasteiger partial charge < -0.3 is 15.8 Å². The number of aromatic nitrogens is 1. The number of carbonyl (C=O) groups excluding carboxylic acids is 1. The molecule has 1 amide bonds. The highest BCUT2D eigenvalue weighted by atomic mass is 16.5. The van der Waals surface area contributed by atoms with Crippen molar-refractivity contribution in [2.75, 3.05) is 13.2 Å². The number of hydrogen-bond acceptors (Lipinski definition) is 4. The van der Waals surface area contributed by atoms with E-state index in [2.05, 4.69) is 10.3 Å². The van der Waals surface area contributed by atoms with E-state index in [4.69, 9.17) is 10.5 Å². The fourth-order valence-corrected chi connectivity index (χ4v) is 1.81. The van der Waals surface area contributed by atoms with Crippen molar-refractivity contribution < 1.29 is 9.53 Å². The third-order valence-corrected chi connectivity index (χ3v) is 2.91. The number of rotatable bonds is 7. The monoisotopic (exact) mass is 285 g/mol. The van der Waals surface area contributed by atoms with E-state index < -0.39 is 0 Å². The van der Waals surface area contributed by atoms with Crippen LogP contribution in [0, 0.1) is 0 Å². The molecule has 0 aliphatic heterocycles. The van der Waals surface area contributed by atoms with E-state index in [0.29, 0.717) is 31.0 Å². The largest absolute Gasteiger partial charge is 0.494 e. The zero-order valence-electron chi connectivity index (χ0n) is 11.8. The van der Waals surface area contributed by atoms with Crippen molar-refractivity contribution in [1.82, 2.24) is 10.3 Å². The summed E-state index contributed by atoms with van der Waals surface area (Å²) in [6.07, 6.45) is 2.34. The van der Waals surface area contributed by atoms with Crippen LogP contribution in [0.1, 0.15) is 22.5 Å². The topological polar surface area (TPSA) is 77.2 Å². The number of para-hydroxylation sites is 1. The van der Waals surface area contributed by atoms with Crippen molar-refractivity contribution in [2.45, 2.75) is 13.0 Å². The Morgan fingerprint density at radius 3 is 2.81 bits per heavy atom. The van der Waals surface area contributed by atoms with Crippen LogP contribution in [0.15, 0.2) is 48.7 Å². The van der Waals surface area contributed by atoms with E-state index >= 15 is 0 Å². The molecule has 5 nitrogen and oxygen atoms in total. The molecule has 0 unspecified atom stereocenters.